The number of likely N-dealkylation sites (tertiary alicyclic amines) is 1. The Bertz CT molecular complexity index is 824. The van der Waals surface area contributed by atoms with Gasteiger partial charge in [-0.3, -0.25) is 4.79 Å². The van der Waals surface area contributed by atoms with Gasteiger partial charge in [-0.25, -0.2) is 0 Å². The first kappa shape index (κ1) is 19.2. The standard InChI is InChI=1S/C22H28N2O4/c1-3-18-20(15(2)28-23-18)21(26)24-11-9-22(10-12-24)14-17(25)13-19(27-22)16-7-5-4-6-8-16/h4-8,17,19,25H,3,9-14H2,1-2H3/t17-,19+/m0/s1. The number of aliphatic hydroxyl groups excluding tert-OH is 1. The minimum Gasteiger partial charge on any atom is -0.393 e. The molecule has 2 aliphatic heterocycles. The first-order valence-electron chi connectivity index (χ1n) is 10.2. The number of hydrogen-bond donors (Lipinski definition) is 1. The highest BCUT2D eigenvalue weighted by molar-refractivity contribution is 5.96. The van der Waals surface area contributed by atoms with E-state index in [0.717, 1.165) is 24.1 Å². The Morgan fingerprint density at radius 2 is 2.00 bits per heavy atom. The maximum atomic E-state index is 13.0. The summed E-state index contributed by atoms with van der Waals surface area (Å²) < 4.78 is 11.8. The second-order valence-electron chi connectivity index (χ2n) is 8.00. The van der Waals surface area contributed by atoms with Gasteiger partial charge in [0.2, 0.25) is 0 Å². The van der Waals surface area contributed by atoms with E-state index in [1.54, 1.807) is 6.92 Å². The van der Waals surface area contributed by atoms with Gasteiger partial charge < -0.3 is 19.3 Å². The van der Waals surface area contributed by atoms with Gasteiger partial charge in [0.15, 0.2) is 0 Å². The summed E-state index contributed by atoms with van der Waals surface area (Å²) in [6, 6.07) is 10.1. The molecule has 150 valence electrons. The molecule has 3 heterocycles. The predicted molar refractivity (Wildman–Crippen MR) is 104 cm³/mol. The number of aryl methyl sites for hydroxylation is 2. The number of nitrogens with zero attached hydrogens (tertiary/aromatic N) is 2. The summed E-state index contributed by atoms with van der Waals surface area (Å²) in [6.45, 7) is 4.98. The second kappa shape index (κ2) is 7.68. The summed E-state index contributed by atoms with van der Waals surface area (Å²) >= 11 is 0. The van der Waals surface area contributed by atoms with Crippen LogP contribution in [0.1, 0.15) is 66.1 Å². The van der Waals surface area contributed by atoms with Gasteiger partial charge in [-0.2, -0.15) is 0 Å². The van der Waals surface area contributed by atoms with Gasteiger partial charge in [-0.15, -0.1) is 0 Å². The highest BCUT2D eigenvalue weighted by Gasteiger charge is 2.44. The molecule has 2 fully saturated rings. The maximum absolute atomic E-state index is 13.0. The fourth-order valence-corrected chi connectivity index (χ4v) is 4.56. The number of hydrogen-bond acceptors (Lipinski definition) is 5. The van der Waals surface area contributed by atoms with E-state index in [1.807, 2.05) is 30.0 Å². The normalized spacial score (nSPS) is 24.5. The summed E-state index contributed by atoms with van der Waals surface area (Å²) in [5, 5.41) is 14.5. The van der Waals surface area contributed by atoms with Crippen LogP contribution in [0.2, 0.25) is 0 Å². The van der Waals surface area contributed by atoms with Crippen molar-refractivity contribution in [2.45, 2.75) is 63.8 Å². The monoisotopic (exact) mass is 384 g/mol. The van der Waals surface area contributed by atoms with Gasteiger partial charge in [-0.1, -0.05) is 42.4 Å². The molecule has 1 N–H and O–H groups in total. The Kier molecular flexibility index (Phi) is 5.25. The number of rotatable bonds is 3. The summed E-state index contributed by atoms with van der Waals surface area (Å²) in [7, 11) is 0. The molecule has 0 aliphatic carbocycles. The second-order valence-corrected chi connectivity index (χ2v) is 8.00. The lowest BCUT2D eigenvalue weighted by atomic mass is 9.80. The largest absolute Gasteiger partial charge is 0.393 e. The van der Waals surface area contributed by atoms with Gasteiger partial charge >= 0.3 is 0 Å². The molecule has 1 aromatic carbocycles. The number of ether oxygens (including phenoxy) is 1. The number of carbonyl (C=O) groups is 1. The molecule has 0 radical (unpaired) electrons. The summed E-state index contributed by atoms with van der Waals surface area (Å²) in [5.41, 5.74) is 2.06. The Balaban J connectivity index is 1.46. The molecule has 1 amide bonds. The quantitative estimate of drug-likeness (QED) is 0.877. The van der Waals surface area contributed by atoms with Crippen molar-refractivity contribution in [1.29, 1.82) is 0 Å². The Morgan fingerprint density at radius 3 is 2.68 bits per heavy atom. The van der Waals surface area contributed by atoms with Crippen LogP contribution in [0.3, 0.4) is 0 Å². The molecular formula is C22H28N2O4. The van der Waals surface area contributed by atoms with Crippen molar-refractivity contribution < 1.29 is 19.2 Å². The van der Waals surface area contributed by atoms with Gasteiger partial charge in [0.05, 0.1) is 23.5 Å². The van der Waals surface area contributed by atoms with Crippen LogP contribution in [-0.4, -0.2) is 45.9 Å². The van der Waals surface area contributed by atoms with Crippen molar-refractivity contribution in [2.75, 3.05) is 13.1 Å². The molecule has 2 saturated heterocycles. The fraction of sp³-hybridized carbons (Fsp3) is 0.545. The molecule has 6 heteroatoms. The van der Waals surface area contributed by atoms with E-state index >= 15 is 0 Å². The summed E-state index contributed by atoms with van der Waals surface area (Å²) in [4.78, 5) is 14.9. The van der Waals surface area contributed by atoms with Crippen molar-refractivity contribution in [2.24, 2.45) is 0 Å². The number of benzene rings is 1. The highest BCUT2D eigenvalue weighted by atomic mass is 16.5. The van der Waals surface area contributed by atoms with E-state index in [9.17, 15) is 9.90 Å². The average molecular weight is 384 g/mol. The Morgan fingerprint density at radius 1 is 1.29 bits per heavy atom. The van der Waals surface area contributed by atoms with Crippen LogP contribution in [0.5, 0.6) is 0 Å². The van der Waals surface area contributed by atoms with E-state index in [4.69, 9.17) is 9.26 Å². The molecule has 1 aromatic heterocycles. The SMILES string of the molecule is CCc1noc(C)c1C(=O)N1CCC2(CC1)C[C@@H](O)C[C@H](c1ccccc1)O2. The van der Waals surface area contributed by atoms with Crippen LogP contribution in [-0.2, 0) is 11.2 Å². The third kappa shape index (κ3) is 3.59. The lowest BCUT2D eigenvalue weighted by Crippen LogP contribution is -2.52. The predicted octanol–water partition coefficient (Wildman–Crippen LogP) is 3.43. The van der Waals surface area contributed by atoms with E-state index in [-0.39, 0.29) is 23.7 Å². The minimum absolute atomic E-state index is 0.0126. The van der Waals surface area contributed by atoms with Crippen LogP contribution >= 0.6 is 0 Å². The van der Waals surface area contributed by atoms with Crippen LogP contribution in [0.25, 0.3) is 0 Å². The molecule has 6 nitrogen and oxygen atoms in total. The van der Waals surface area contributed by atoms with E-state index < -0.39 is 0 Å². The van der Waals surface area contributed by atoms with E-state index in [2.05, 4.69) is 17.3 Å². The maximum Gasteiger partial charge on any atom is 0.259 e. The van der Waals surface area contributed by atoms with Crippen molar-refractivity contribution in [3.8, 4) is 0 Å². The first-order chi connectivity index (χ1) is 13.5. The van der Waals surface area contributed by atoms with Crippen LogP contribution < -0.4 is 0 Å². The topological polar surface area (TPSA) is 75.8 Å². The molecule has 0 saturated carbocycles. The summed E-state index contributed by atoms with van der Waals surface area (Å²) in [5.74, 6) is 0.567. The molecule has 2 aliphatic rings. The Labute approximate surface area is 165 Å². The highest BCUT2D eigenvalue weighted by Crippen LogP contribution is 2.43. The number of carbonyl (C=O) groups excluding carboxylic acids is 1. The van der Waals surface area contributed by atoms with Gasteiger partial charge in [0, 0.05) is 25.9 Å². The summed E-state index contributed by atoms with van der Waals surface area (Å²) in [6.07, 6.45) is 2.89. The first-order valence-corrected chi connectivity index (χ1v) is 10.2. The van der Waals surface area contributed by atoms with Crippen molar-refractivity contribution in [3.63, 3.8) is 0 Å². The molecule has 1 spiro atoms. The zero-order chi connectivity index (χ0) is 19.7. The lowest BCUT2D eigenvalue weighted by Gasteiger charge is -2.48. The minimum atomic E-state index is -0.381. The average Bonchev–Trinajstić information content (AvgIpc) is 3.08. The molecule has 2 aromatic rings. The van der Waals surface area contributed by atoms with Crippen molar-refractivity contribution in [1.82, 2.24) is 10.1 Å². The van der Waals surface area contributed by atoms with E-state index in [0.29, 0.717) is 43.7 Å². The molecular weight excluding hydrogens is 356 g/mol. The third-order valence-corrected chi connectivity index (χ3v) is 6.10. The smallest absolute Gasteiger partial charge is 0.259 e. The molecule has 0 bridgehead atoms. The molecule has 28 heavy (non-hydrogen) atoms. The number of amides is 1. The fourth-order valence-electron chi connectivity index (χ4n) is 4.56. The zero-order valence-electron chi connectivity index (χ0n) is 16.6. The van der Waals surface area contributed by atoms with Crippen LogP contribution in [0.15, 0.2) is 34.9 Å². The van der Waals surface area contributed by atoms with Crippen LogP contribution in [0, 0.1) is 6.92 Å². The Hall–Kier alpha value is -2.18. The number of aliphatic hydroxyl groups is 1. The van der Waals surface area contributed by atoms with Crippen molar-refractivity contribution >= 4 is 5.91 Å². The van der Waals surface area contributed by atoms with Gasteiger partial charge in [0.1, 0.15) is 11.3 Å². The van der Waals surface area contributed by atoms with Gasteiger partial charge in [0.25, 0.3) is 5.91 Å². The molecule has 4 rings (SSSR count). The van der Waals surface area contributed by atoms with Crippen LogP contribution in [0.4, 0.5) is 0 Å². The third-order valence-electron chi connectivity index (χ3n) is 6.10. The van der Waals surface area contributed by atoms with Gasteiger partial charge in [-0.05, 0) is 31.7 Å². The lowest BCUT2D eigenvalue weighted by molar-refractivity contribution is -0.181. The van der Waals surface area contributed by atoms with Crippen molar-refractivity contribution in [3.05, 3.63) is 52.9 Å². The zero-order valence-corrected chi connectivity index (χ0v) is 16.6. The molecule has 2 atom stereocenters. The number of piperidine rings is 1. The molecule has 0 unspecified atom stereocenters. The number of aromatic nitrogens is 1. The van der Waals surface area contributed by atoms with E-state index in [1.165, 1.54) is 0 Å².